The Morgan fingerprint density at radius 3 is 2.55 bits per heavy atom. The number of likely N-dealkylation sites (tertiary alicyclic amines) is 1. The summed E-state index contributed by atoms with van der Waals surface area (Å²) < 4.78 is 30.6. The fourth-order valence-electron chi connectivity index (χ4n) is 5.60. The normalized spacial score (nSPS) is 20.2. The average molecular weight is 572 g/mol. The minimum atomic E-state index is -3.59. The van der Waals surface area contributed by atoms with Crippen LogP contribution in [0.15, 0.2) is 29.3 Å². The lowest BCUT2D eigenvalue weighted by atomic mass is 10.2. The van der Waals surface area contributed by atoms with Gasteiger partial charge in [-0.05, 0) is 51.3 Å². The second-order valence-corrected chi connectivity index (χ2v) is 13.1. The van der Waals surface area contributed by atoms with Crippen LogP contribution in [0.3, 0.4) is 0 Å². The lowest BCUT2D eigenvalue weighted by Crippen LogP contribution is -2.47. The molecule has 0 radical (unpaired) electrons. The van der Waals surface area contributed by atoms with Crippen molar-refractivity contribution in [2.45, 2.75) is 69.0 Å². The Kier molecular flexibility index (Phi) is 7.87. The number of carbonyl (C=O) groups excluding carboxylic acids is 2. The smallest absolute Gasteiger partial charge is 0.411 e. The van der Waals surface area contributed by atoms with E-state index >= 15 is 0 Å². The molecule has 216 valence electrons. The van der Waals surface area contributed by atoms with Gasteiger partial charge in [-0.2, -0.15) is 4.98 Å². The Labute approximate surface area is 235 Å². The first-order valence-electron chi connectivity index (χ1n) is 13.7. The number of sulfone groups is 1. The van der Waals surface area contributed by atoms with Crippen molar-refractivity contribution in [3.63, 3.8) is 0 Å². The van der Waals surface area contributed by atoms with Crippen LogP contribution in [-0.4, -0.2) is 86.4 Å². The minimum Gasteiger partial charge on any atom is -0.445 e. The molecule has 2 amide bonds. The highest BCUT2D eigenvalue weighted by molar-refractivity contribution is 7.90. The third-order valence-corrected chi connectivity index (χ3v) is 8.91. The maximum Gasteiger partial charge on any atom is 0.411 e. The Hall–Kier alpha value is -3.45. The fraction of sp³-hybridized carbons (Fsp3) is 0.556. The van der Waals surface area contributed by atoms with Crippen molar-refractivity contribution < 1.29 is 22.7 Å². The van der Waals surface area contributed by atoms with Gasteiger partial charge in [0, 0.05) is 49.9 Å². The predicted molar refractivity (Wildman–Crippen MR) is 153 cm³/mol. The SMILES string of the molecule is CC(C)N1CC(=O)N(C)c2cnc(Nc3cc(NC(=O)O[C@@H]4CCN(C5CCCC5)C4)cc(S(C)(=O)=O)c3)nc21. The molecule has 3 heterocycles. The number of hydrogen-bond acceptors (Lipinski definition) is 10. The number of benzene rings is 1. The molecule has 2 aliphatic heterocycles. The van der Waals surface area contributed by atoms with Crippen LogP contribution in [0.1, 0.15) is 46.0 Å². The van der Waals surface area contributed by atoms with Gasteiger partial charge in [-0.25, -0.2) is 18.2 Å². The number of carbonyl (C=O) groups is 2. The quantitative estimate of drug-likeness (QED) is 0.509. The highest BCUT2D eigenvalue weighted by Crippen LogP contribution is 2.33. The van der Waals surface area contributed by atoms with Gasteiger partial charge in [0.15, 0.2) is 15.7 Å². The molecule has 3 aliphatic rings. The van der Waals surface area contributed by atoms with Gasteiger partial charge >= 0.3 is 6.09 Å². The number of ether oxygens (including phenoxy) is 1. The number of rotatable bonds is 7. The number of anilines is 5. The van der Waals surface area contributed by atoms with Crippen LogP contribution >= 0.6 is 0 Å². The summed E-state index contributed by atoms with van der Waals surface area (Å²) >= 11 is 0. The molecule has 5 rings (SSSR count). The van der Waals surface area contributed by atoms with Crippen LogP contribution in [0.4, 0.5) is 33.6 Å². The van der Waals surface area contributed by atoms with Gasteiger partial charge in [-0.3, -0.25) is 15.0 Å². The molecule has 12 nitrogen and oxygen atoms in total. The topological polar surface area (TPSA) is 137 Å². The molecule has 1 aliphatic carbocycles. The van der Waals surface area contributed by atoms with E-state index in [2.05, 4.69) is 25.5 Å². The van der Waals surface area contributed by atoms with E-state index in [1.165, 1.54) is 42.7 Å². The number of nitrogens with one attached hydrogen (secondary N) is 2. The number of amides is 2. The van der Waals surface area contributed by atoms with Gasteiger partial charge < -0.3 is 19.9 Å². The molecule has 1 saturated carbocycles. The second-order valence-electron chi connectivity index (χ2n) is 11.1. The minimum absolute atomic E-state index is 0.0215. The summed E-state index contributed by atoms with van der Waals surface area (Å²) in [7, 11) is -1.91. The van der Waals surface area contributed by atoms with E-state index in [9.17, 15) is 18.0 Å². The van der Waals surface area contributed by atoms with Crippen molar-refractivity contribution >= 4 is 50.7 Å². The first-order valence-corrected chi connectivity index (χ1v) is 15.6. The largest absolute Gasteiger partial charge is 0.445 e. The van der Waals surface area contributed by atoms with Crippen molar-refractivity contribution in [1.29, 1.82) is 0 Å². The third-order valence-electron chi connectivity index (χ3n) is 7.81. The molecule has 1 saturated heterocycles. The van der Waals surface area contributed by atoms with Crippen LogP contribution < -0.4 is 20.4 Å². The average Bonchev–Trinajstić information content (AvgIpc) is 3.58. The first-order chi connectivity index (χ1) is 19.0. The van der Waals surface area contributed by atoms with Gasteiger partial charge in [0.25, 0.3) is 0 Å². The molecule has 2 aromatic rings. The maximum absolute atomic E-state index is 12.8. The summed E-state index contributed by atoms with van der Waals surface area (Å²) in [5, 5.41) is 5.76. The number of nitrogens with zero attached hydrogens (tertiary/aromatic N) is 5. The van der Waals surface area contributed by atoms with Crippen molar-refractivity contribution in [1.82, 2.24) is 14.9 Å². The molecule has 40 heavy (non-hydrogen) atoms. The van der Waals surface area contributed by atoms with Crippen molar-refractivity contribution in [2.24, 2.45) is 0 Å². The molecule has 1 atom stereocenters. The number of fused-ring (bicyclic) bond motifs is 1. The summed E-state index contributed by atoms with van der Waals surface area (Å²) in [5.74, 6) is 0.765. The molecular formula is C27H37N7O5S. The van der Waals surface area contributed by atoms with Gasteiger partial charge in [0.1, 0.15) is 11.8 Å². The number of hydrogen-bond donors (Lipinski definition) is 2. The fourth-order valence-corrected chi connectivity index (χ4v) is 6.28. The lowest BCUT2D eigenvalue weighted by Gasteiger charge is -2.36. The Morgan fingerprint density at radius 1 is 1.12 bits per heavy atom. The molecule has 0 spiro atoms. The molecular weight excluding hydrogens is 534 g/mol. The number of aromatic nitrogens is 2. The summed E-state index contributed by atoms with van der Waals surface area (Å²) in [6, 6.07) is 5.07. The molecule has 0 unspecified atom stereocenters. The highest BCUT2D eigenvalue weighted by Gasteiger charge is 2.32. The van der Waals surface area contributed by atoms with Gasteiger partial charge in [-0.15, -0.1) is 0 Å². The summed E-state index contributed by atoms with van der Waals surface area (Å²) in [6.07, 6.45) is 7.53. The first kappa shape index (κ1) is 28.1. The molecule has 13 heteroatoms. The molecule has 1 aromatic heterocycles. The Morgan fingerprint density at radius 2 is 1.85 bits per heavy atom. The highest BCUT2D eigenvalue weighted by atomic mass is 32.2. The van der Waals surface area contributed by atoms with Gasteiger partial charge in [0.2, 0.25) is 11.9 Å². The van der Waals surface area contributed by atoms with Crippen LogP contribution in [0.2, 0.25) is 0 Å². The van der Waals surface area contributed by atoms with Crippen molar-refractivity contribution in [3.05, 3.63) is 24.4 Å². The van der Waals surface area contributed by atoms with E-state index in [-0.39, 0.29) is 41.1 Å². The summed E-state index contributed by atoms with van der Waals surface area (Å²) in [4.78, 5) is 40.0. The van der Waals surface area contributed by atoms with Crippen LogP contribution in [0.5, 0.6) is 0 Å². The Bertz CT molecular complexity index is 1390. The van der Waals surface area contributed by atoms with Gasteiger partial charge in [-0.1, -0.05) is 12.8 Å². The van der Waals surface area contributed by atoms with E-state index in [0.717, 1.165) is 25.8 Å². The molecule has 2 N–H and O–H groups in total. The third kappa shape index (κ3) is 6.15. The molecule has 1 aromatic carbocycles. The van der Waals surface area contributed by atoms with E-state index in [1.54, 1.807) is 19.3 Å². The second kappa shape index (κ2) is 11.2. The predicted octanol–water partition coefficient (Wildman–Crippen LogP) is 3.38. The summed E-state index contributed by atoms with van der Waals surface area (Å²) in [5.41, 5.74) is 1.24. The zero-order valence-corrected chi connectivity index (χ0v) is 24.2. The lowest BCUT2D eigenvalue weighted by molar-refractivity contribution is -0.117. The number of likely N-dealkylation sites (N-methyl/N-ethyl adjacent to an activating group) is 1. The van der Waals surface area contributed by atoms with Crippen LogP contribution in [0.25, 0.3) is 0 Å². The van der Waals surface area contributed by atoms with Crippen LogP contribution in [-0.2, 0) is 19.4 Å². The van der Waals surface area contributed by atoms with Crippen LogP contribution in [0, 0.1) is 0 Å². The zero-order valence-electron chi connectivity index (χ0n) is 23.4. The standard InChI is InChI=1S/C27H37N7O5S/c1-17(2)34-16-24(35)32(3)23-14-28-26(31-25(23)34)29-18-11-19(13-22(12-18)40(4,37)38)30-27(36)39-21-9-10-33(15-21)20-7-5-6-8-20/h11-14,17,20-21H,5-10,15-16H2,1-4H3,(H,30,36)(H,28,29,31)/t21-/m1/s1. The van der Waals surface area contributed by atoms with Crippen molar-refractivity contribution in [3.8, 4) is 0 Å². The van der Waals surface area contributed by atoms with Crippen molar-refractivity contribution in [2.75, 3.05) is 53.4 Å². The van der Waals surface area contributed by atoms with E-state index in [1.807, 2.05) is 18.7 Å². The summed E-state index contributed by atoms with van der Waals surface area (Å²) in [6.45, 7) is 5.78. The van der Waals surface area contributed by atoms with Gasteiger partial charge in [0.05, 0.1) is 17.6 Å². The Balaban J connectivity index is 1.33. The zero-order chi connectivity index (χ0) is 28.6. The van der Waals surface area contributed by atoms with E-state index in [4.69, 9.17) is 4.74 Å². The maximum atomic E-state index is 12.8. The van der Waals surface area contributed by atoms with E-state index in [0.29, 0.717) is 23.2 Å². The molecule has 2 fully saturated rings. The van der Waals surface area contributed by atoms with E-state index < -0.39 is 15.9 Å². The monoisotopic (exact) mass is 571 g/mol. The molecule has 0 bridgehead atoms.